The first-order chi connectivity index (χ1) is 13.6. The molecule has 0 aromatic rings. The van der Waals surface area contributed by atoms with E-state index in [0.29, 0.717) is 25.0 Å². The Kier molecular flexibility index (Phi) is 13.3. The van der Waals surface area contributed by atoms with Gasteiger partial charge in [-0.05, 0) is 37.5 Å². The first-order valence-corrected chi connectivity index (χ1v) is 11.9. The fourth-order valence-corrected chi connectivity index (χ4v) is 4.11. The van der Waals surface area contributed by atoms with Crippen LogP contribution < -0.4 is 0 Å². The Balaban J connectivity index is 2.54. The molecule has 1 saturated carbocycles. The Labute approximate surface area is 173 Å². The maximum Gasteiger partial charge on any atom is 0.309 e. The molecule has 28 heavy (non-hydrogen) atoms. The topological polar surface area (TPSA) is 52.6 Å². The predicted molar refractivity (Wildman–Crippen MR) is 114 cm³/mol. The highest BCUT2D eigenvalue weighted by atomic mass is 16.5. The van der Waals surface area contributed by atoms with Gasteiger partial charge < -0.3 is 9.47 Å². The van der Waals surface area contributed by atoms with Gasteiger partial charge in [-0.1, -0.05) is 79.1 Å². The molecule has 4 heteroatoms. The van der Waals surface area contributed by atoms with Gasteiger partial charge in [-0.3, -0.25) is 9.59 Å². The van der Waals surface area contributed by atoms with E-state index in [1.165, 1.54) is 12.8 Å². The standard InChI is InChI=1S/C24H44O4/c1-5-9-13-19(7-3)17-27-23(25)21-15-11-12-16-22(21)24(26)28-18-20(8-4)14-10-6-2/h19-22H,5-18H2,1-4H3/t19-,20-,21+,22+/m0/s1. The van der Waals surface area contributed by atoms with Gasteiger partial charge in [-0.2, -0.15) is 0 Å². The predicted octanol–water partition coefficient (Wildman–Crippen LogP) is 6.31. The van der Waals surface area contributed by atoms with Crippen LogP contribution in [0.3, 0.4) is 0 Å². The van der Waals surface area contributed by atoms with Gasteiger partial charge in [0.25, 0.3) is 0 Å². The monoisotopic (exact) mass is 396 g/mol. The van der Waals surface area contributed by atoms with Crippen molar-refractivity contribution < 1.29 is 19.1 Å². The molecule has 1 rings (SSSR count). The van der Waals surface area contributed by atoms with Crippen molar-refractivity contribution in [2.45, 2.75) is 105 Å². The maximum absolute atomic E-state index is 12.7. The zero-order valence-electron chi connectivity index (χ0n) is 18.8. The normalized spacial score (nSPS) is 21.7. The van der Waals surface area contributed by atoms with Crippen LogP contribution in [0.25, 0.3) is 0 Å². The highest BCUT2D eigenvalue weighted by Gasteiger charge is 2.38. The van der Waals surface area contributed by atoms with Crippen LogP contribution in [0, 0.1) is 23.7 Å². The number of hydrogen-bond donors (Lipinski definition) is 0. The van der Waals surface area contributed by atoms with Crippen molar-refractivity contribution in [3.63, 3.8) is 0 Å². The fourth-order valence-electron chi connectivity index (χ4n) is 4.11. The highest BCUT2D eigenvalue weighted by Crippen LogP contribution is 2.32. The van der Waals surface area contributed by atoms with E-state index in [1.54, 1.807) is 0 Å². The third kappa shape index (κ3) is 8.96. The van der Waals surface area contributed by atoms with E-state index in [4.69, 9.17) is 9.47 Å². The average molecular weight is 397 g/mol. The van der Waals surface area contributed by atoms with Crippen molar-refractivity contribution in [2.24, 2.45) is 23.7 Å². The molecule has 0 bridgehead atoms. The molecule has 0 aromatic heterocycles. The Morgan fingerprint density at radius 2 is 1.14 bits per heavy atom. The van der Waals surface area contributed by atoms with E-state index in [0.717, 1.165) is 64.2 Å². The molecule has 0 N–H and O–H groups in total. The molecule has 0 radical (unpaired) electrons. The van der Waals surface area contributed by atoms with E-state index in [2.05, 4.69) is 27.7 Å². The van der Waals surface area contributed by atoms with Gasteiger partial charge in [0.1, 0.15) is 0 Å². The van der Waals surface area contributed by atoms with E-state index in [-0.39, 0.29) is 23.8 Å². The van der Waals surface area contributed by atoms with Crippen LogP contribution in [0.5, 0.6) is 0 Å². The molecular weight excluding hydrogens is 352 g/mol. The molecule has 1 aliphatic carbocycles. The summed E-state index contributed by atoms with van der Waals surface area (Å²) in [6.45, 7) is 9.64. The van der Waals surface area contributed by atoms with E-state index in [1.807, 2.05) is 0 Å². The van der Waals surface area contributed by atoms with Gasteiger partial charge in [0.2, 0.25) is 0 Å². The van der Waals surface area contributed by atoms with Crippen LogP contribution >= 0.6 is 0 Å². The summed E-state index contributed by atoms with van der Waals surface area (Å²) in [5.74, 6) is -0.144. The lowest BCUT2D eigenvalue weighted by Crippen LogP contribution is -2.36. The lowest BCUT2D eigenvalue weighted by Gasteiger charge is -2.29. The van der Waals surface area contributed by atoms with Crippen LogP contribution in [0.4, 0.5) is 0 Å². The summed E-state index contributed by atoms with van der Waals surface area (Å²) in [6, 6.07) is 0. The Morgan fingerprint density at radius 1 is 0.750 bits per heavy atom. The molecule has 164 valence electrons. The van der Waals surface area contributed by atoms with Crippen molar-refractivity contribution in [1.29, 1.82) is 0 Å². The van der Waals surface area contributed by atoms with Crippen molar-refractivity contribution >= 4 is 11.9 Å². The van der Waals surface area contributed by atoms with E-state index in [9.17, 15) is 9.59 Å². The molecule has 0 aliphatic heterocycles. The Hall–Kier alpha value is -1.06. The second-order valence-electron chi connectivity index (χ2n) is 8.59. The zero-order valence-corrected chi connectivity index (χ0v) is 18.8. The van der Waals surface area contributed by atoms with Gasteiger partial charge in [-0.25, -0.2) is 0 Å². The number of rotatable bonds is 14. The summed E-state index contributed by atoms with van der Waals surface area (Å²) in [7, 11) is 0. The van der Waals surface area contributed by atoms with Gasteiger partial charge in [0.05, 0.1) is 25.0 Å². The summed E-state index contributed by atoms with van der Waals surface area (Å²) < 4.78 is 11.3. The molecule has 0 aromatic carbocycles. The van der Waals surface area contributed by atoms with Crippen LogP contribution in [-0.4, -0.2) is 25.2 Å². The Morgan fingerprint density at radius 3 is 1.46 bits per heavy atom. The largest absolute Gasteiger partial charge is 0.465 e. The molecular formula is C24H44O4. The molecule has 1 aliphatic rings. The van der Waals surface area contributed by atoms with Gasteiger partial charge in [-0.15, -0.1) is 0 Å². The van der Waals surface area contributed by atoms with Crippen LogP contribution in [-0.2, 0) is 19.1 Å². The van der Waals surface area contributed by atoms with E-state index >= 15 is 0 Å². The molecule has 0 heterocycles. The van der Waals surface area contributed by atoms with Crippen LogP contribution in [0.15, 0.2) is 0 Å². The van der Waals surface area contributed by atoms with Gasteiger partial charge in [0, 0.05) is 0 Å². The second-order valence-corrected chi connectivity index (χ2v) is 8.59. The molecule has 4 atom stereocenters. The third-order valence-corrected chi connectivity index (χ3v) is 6.38. The molecule has 4 nitrogen and oxygen atoms in total. The summed E-state index contributed by atoms with van der Waals surface area (Å²) >= 11 is 0. The van der Waals surface area contributed by atoms with Crippen molar-refractivity contribution in [2.75, 3.05) is 13.2 Å². The first kappa shape index (κ1) is 25.0. The molecule has 0 saturated heterocycles. The number of esters is 2. The lowest BCUT2D eigenvalue weighted by molar-refractivity contribution is -0.164. The van der Waals surface area contributed by atoms with Crippen LogP contribution in [0.2, 0.25) is 0 Å². The minimum Gasteiger partial charge on any atom is -0.465 e. The van der Waals surface area contributed by atoms with Crippen LogP contribution in [0.1, 0.15) is 105 Å². The smallest absolute Gasteiger partial charge is 0.309 e. The average Bonchev–Trinajstić information content (AvgIpc) is 2.73. The summed E-state index contributed by atoms with van der Waals surface area (Å²) in [5, 5.41) is 0. The molecule has 1 fully saturated rings. The number of carbonyl (C=O) groups excluding carboxylic acids is 2. The van der Waals surface area contributed by atoms with Crippen molar-refractivity contribution in [3.05, 3.63) is 0 Å². The van der Waals surface area contributed by atoms with Gasteiger partial charge in [0.15, 0.2) is 0 Å². The molecule has 0 amide bonds. The van der Waals surface area contributed by atoms with Gasteiger partial charge >= 0.3 is 11.9 Å². The highest BCUT2D eigenvalue weighted by molar-refractivity contribution is 5.82. The van der Waals surface area contributed by atoms with Crippen molar-refractivity contribution in [3.8, 4) is 0 Å². The summed E-state index contributed by atoms with van der Waals surface area (Å²) in [5.41, 5.74) is 0. The molecule has 0 spiro atoms. The quantitative estimate of drug-likeness (QED) is 0.323. The SMILES string of the molecule is CCCC[C@H](CC)COC(=O)[C@@H]1CCCC[C@H]1C(=O)OC[C@@H](CC)CCCC. The van der Waals surface area contributed by atoms with Crippen molar-refractivity contribution in [1.82, 2.24) is 0 Å². The van der Waals surface area contributed by atoms with E-state index < -0.39 is 0 Å². The third-order valence-electron chi connectivity index (χ3n) is 6.38. The minimum atomic E-state index is -0.319. The lowest BCUT2D eigenvalue weighted by atomic mass is 9.79. The number of carbonyl (C=O) groups is 2. The Bertz CT molecular complexity index is 394. The summed E-state index contributed by atoms with van der Waals surface area (Å²) in [4.78, 5) is 25.4. The summed E-state index contributed by atoms with van der Waals surface area (Å²) in [6.07, 6.45) is 12.4. The fraction of sp³-hybridized carbons (Fsp3) is 0.917. The minimum absolute atomic E-state index is 0.186. The second kappa shape index (κ2) is 14.9. The zero-order chi connectivity index (χ0) is 20.8. The molecule has 0 unspecified atom stereocenters. The first-order valence-electron chi connectivity index (χ1n) is 11.9. The number of ether oxygens (including phenoxy) is 2. The number of hydrogen-bond acceptors (Lipinski definition) is 4. The number of unbranched alkanes of at least 4 members (excludes halogenated alkanes) is 2. The maximum atomic E-state index is 12.7.